The third-order valence-corrected chi connectivity index (χ3v) is 2.05. The highest BCUT2D eigenvalue weighted by molar-refractivity contribution is 4.97. The number of hydrogen-bond donors (Lipinski definition) is 0. The van der Waals surface area contributed by atoms with E-state index in [2.05, 4.69) is 26.3 Å². The molecule has 0 spiro atoms. The van der Waals surface area contributed by atoms with Gasteiger partial charge in [-0.25, -0.2) is 0 Å². The Morgan fingerprint density at radius 2 is 1.50 bits per heavy atom. The Labute approximate surface area is 78.1 Å². The maximum atomic E-state index is 4.00. The largest absolute Gasteiger partial charge is 0.124 e. The molecule has 1 aliphatic carbocycles. The number of terminal acetylenes is 1. The first-order valence-corrected chi connectivity index (χ1v) is 4.79. The predicted octanol–water partition coefficient (Wildman–Crippen LogP) is 4.03. The van der Waals surface area contributed by atoms with Gasteiger partial charge in [0.1, 0.15) is 0 Å². The Morgan fingerprint density at radius 3 is 1.67 bits per heavy atom. The van der Waals surface area contributed by atoms with Gasteiger partial charge in [0.25, 0.3) is 0 Å². The first-order chi connectivity index (χ1) is 5.80. The van der Waals surface area contributed by atoms with Crippen LogP contribution in [0, 0.1) is 18.8 Å². The second kappa shape index (κ2) is 10.3. The van der Waals surface area contributed by atoms with Crippen molar-refractivity contribution in [3.63, 3.8) is 0 Å². The van der Waals surface area contributed by atoms with Gasteiger partial charge in [-0.1, -0.05) is 38.8 Å². The van der Waals surface area contributed by atoms with Crippen molar-refractivity contribution >= 4 is 0 Å². The van der Waals surface area contributed by atoms with Crippen LogP contribution in [0.5, 0.6) is 0 Å². The number of allylic oxidation sites excluding steroid dienone is 1. The number of rotatable bonds is 1. The summed E-state index contributed by atoms with van der Waals surface area (Å²) in [5.41, 5.74) is 1.39. The Balaban J connectivity index is 0. The molecule has 0 aliphatic heterocycles. The molecule has 0 aromatic rings. The lowest BCUT2D eigenvalue weighted by molar-refractivity contribution is 0.645. The molecule has 1 fully saturated rings. The Kier molecular flexibility index (Phi) is 11.9. The highest BCUT2D eigenvalue weighted by Gasteiger charge is 2.14. The van der Waals surface area contributed by atoms with E-state index in [9.17, 15) is 0 Å². The molecule has 1 saturated carbocycles. The summed E-state index contributed by atoms with van der Waals surface area (Å²) in [7, 11) is 0. The van der Waals surface area contributed by atoms with Gasteiger partial charge in [0.05, 0.1) is 0 Å². The van der Waals surface area contributed by atoms with Crippen molar-refractivity contribution in [3.8, 4) is 12.8 Å². The molecule has 0 nitrogen and oxygen atoms in total. The first kappa shape index (κ1) is 13.9. The van der Waals surface area contributed by atoms with Crippen LogP contribution < -0.4 is 0 Å². The molecule has 70 valence electrons. The van der Waals surface area contributed by atoms with Crippen LogP contribution in [0.15, 0.2) is 12.2 Å². The molecule has 0 heteroatoms. The van der Waals surface area contributed by atoms with E-state index in [0.29, 0.717) is 0 Å². The lowest BCUT2D eigenvalue weighted by atomic mass is 10.0. The molecule has 1 rings (SSSR count). The van der Waals surface area contributed by atoms with Crippen molar-refractivity contribution in [2.24, 2.45) is 5.92 Å². The summed E-state index contributed by atoms with van der Waals surface area (Å²) in [6, 6.07) is 0. The van der Waals surface area contributed by atoms with Crippen LogP contribution in [0.3, 0.4) is 0 Å². The lowest BCUT2D eigenvalue weighted by Crippen LogP contribution is -1.91. The third kappa shape index (κ3) is 6.04. The molecule has 0 aromatic carbocycles. The monoisotopic (exact) mass is 166 g/mol. The fourth-order valence-electron chi connectivity index (χ4n) is 1.42. The van der Waals surface area contributed by atoms with Gasteiger partial charge in [-0.3, -0.25) is 0 Å². The van der Waals surface area contributed by atoms with E-state index in [1.807, 2.05) is 13.8 Å². The van der Waals surface area contributed by atoms with E-state index in [1.54, 1.807) is 0 Å². The Hall–Kier alpha value is -0.700. The molecule has 0 bridgehead atoms. The SMILES string of the molecule is C#C.C=C(C)C1CCCC1.CC. The summed E-state index contributed by atoms with van der Waals surface area (Å²) in [4.78, 5) is 0. The fraction of sp³-hybridized carbons (Fsp3) is 0.667. The minimum absolute atomic E-state index is 0.870. The van der Waals surface area contributed by atoms with Gasteiger partial charge in [-0.2, -0.15) is 0 Å². The van der Waals surface area contributed by atoms with E-state index in [1.165, 1.54) is 31.3 Å². The van der Waals surface area contributed by atoms with Crippen LogP contribution in [0.25, 0.3) is 0 Å². The van der Waals surface area contributed by atoms with Crippen molar-refractivity contribution in [2.45, 2.75) is 46.5 Å². The summed E-state index contributed by atoms with van der Waals surface area (Å²) < 4.78 is 0. The second-order valence-corrected chi connectivity index (χ2v) is 2.83. The molecular formula is C12H22. The average Bonchev–Trinajstić information content (AvgIpc) is 2.64. The summed E-state index contributed by atoms with van der Waals surface area (Å²) >= 11 is 0. The van der Waals surface area contributed by atoms with Crippen LogP contribution in [-0.4, -0.2) is 0 Å². The summed E-state index contributed by atoms with van der Waals surface area (Å²) in [6.07, 6.45) is 13.7. The smallest absolute Gasteiger partial charge is 0.0209 e. The van der Waals surface area contributed by atoms with E-state index in [4.69, 9.17) is 0 Å². The van der Waals surface area contributed by atoms with E-state index >= 15 is 0 Å². The molecule has 0 saturated heterocycles. The van der Waals surface area contributed by atoms with Crippen molar-refractivity contribution in [1.82, 2.24) is 0 Å². The van der Waals surface area contributed by atoms with Crippen LogP contribution in [-0.2, 0) is 0 Å². The zero-order valence-corrected chi connectivity index (χ0v) is 8.77. The van der Waals surface area contributed by atoms with Crippen molar-refractivity contribution < 1.29 is 0 Å². The van der Waals surface area contributed by atoms with E-state index < -0.39 is 0 Å². The normalized spacial score (nSPS) is 15.1. The zero-order chi connectivity index (χ0) is 9.98. The van der Waals surface area contributed by atoms with Gasteiger partial charge in [-0.05, 0) is 25.7 Å². The number of hydrogen-bond acceptors (Lipinski definition) is 0. The molecule has 0 amide bonds. The van der Waals surface area contributed by atoms with Crippen LogP contribution >= 0.6 is 0 Å². The highest BCUT2D eigenvalue weighted by Crippen LogP contribution is 2.29. The minimum Gasteiger partial charge on any atom is -0.124 e. The molecule has 0 unspecified atom stereocenters. The minimum atomic E-state index is 0.870. The van der Waals surface area contributed by atoms with Gasteiger partial charge in [0.15, 0.2) is 0 Å². The molecule has 0 N–H and O–H groups in total. The van der Waals surface area contributed by atoms with Crippen molar-refractivity contribution in [2.75, 3.05) is 0 Å². The molecular weight excluding hydrogens is 144 g/mol. The van der Waals surface area contributed by atoms with Crippen LogP contribution in [0.1, 0.15) is 46.5 Å². The van der Waals surface area contributed by atoms with Gasteiger partial charge in [-0.15, -0.1) is 12.8 Å². The molecule has 0 atom stereocenters. The summed E-state index contributed by atoms with van der Waals surface area (Å²) in [5.74, 6) is 0.870. The molecule has 0 heterocycles. The predicted molar refractivity (Wildman–Crippen MR) is 58.0 cm³/mol. The molecule has 0 aromatic heterocycles. The topological polar surface area (TPSA) is 0 Å². The Bertz CT molecular complexity index is 113. The summed E-state index contributed by atoms with van der Waals surface area (Å²) in [5, 5.41) is 0. The fourth-order valence-corrected chi connectivity index (χ4v) is 1.42. The van der Waals surface area contributed by atoms with Gasteiger partial charge in [0.2, 0.25) is 0 Å². The molecule has 1 aliphatic rings. The summed E-state index contributed by atoms with van der Waals surface area (Å²) in [6.45, 7) is 10.1. The van der Waals surface area contributed by atoms with Crippen LogP contribution in [0.4, 0.5) is 0 Å². The van der Waals surface area contributed by atoms with Gasteiger partial charge in [0, 0.05) is 0 Å². The quantitative estimate of drug-likeness (QED) is 0.407. The van der Waals surface area contributed by atoms with Crippen molar-refractivity contribution in [1.29, 1.82) is 0 Å². The average molecular weight is 166 g/mol. The molecule has 0 radical (unpaired) electrons. The second-order valence-electron chi connectivity index (χ2n) is 2.83. The first-order valence-electron chi connectivity index (χ1n) is 4.79. The van der Waals surface area contributed by atoms with E-state index in [-0.39, 0.29) is 0 Å². The van der Waals surface area contributed by atoms with E-state index in [0.717, 1.165) is 5.92 Å². The lowest BCUT2D eigenvalue weighted by Gasteiger charge is -2.05. The Morgan fingerprint density at radius 1 is 1.17 bits per heavy atom. The van der Waals surface area contributed by atoms with Crippen LogP contribution in [0.2, 0.25) is 0 Å². The maximum Gasteiger partial charge on any atom is -0.0209 e. The van der Waals surface area contributed by atoms with Gasteiger partial charge >= 0.3 is 0 Å². The van der Waals surface area contributed by atoms with Gasteiger partial charge < -0.3 is 0 Å². The van der Waals surface area contributed by atoms with Crippen molar-refractivity contribution in [3.05, 3.63) is 12.2 Å². The highest BCUT2D eigenvalue weighted by atomic mass is 14.2. The maximum absolute atomic E-state index is 4.00. The third-order valence-electron chi connectivity index (χ3n) is 2.05. The zero-order valence-electron chi connectivity index (χ0n) is 8.77. The standard InChI is InChI=1S/C8H14.C2H6.C2H2/c1-7(2)8-5-3-4-6-8;2*1-2/h8H,1,3-6H2,2H3;1-2H3;1-2H. The molecule has 12 heavy (non-hydrogen) atoms.